The standard InChI is InChI=1S/C14H19F2N3O3S/c1-10(18-5-7-19(8-6-18)23(2,21)22)14(20)17-13-4-3-11(15)9-12(13)16/h3-4,9-10H,5-8H2,1-2H3,(H,17,20)/t10-/m0/s1. The minimum absolute atomic E-state index is 0.0852. The van der Waals surface area contributed by atoms with Crippen molar-refractivity contribution in [3.63, 3.8) is 0 Å². The zero-order chi connectivity index (χ0) is 17.2. The molecule has 1 aliphatic heterocycles. The molecule has 1 saturated heterocycles. The van der Waals surface area contributed by atoms with E-state index in [0.717, 1.165) is 18.4 Å². The molecule has 2 rings (SSSR count). The summed E-state index contributed by atoms with van der Waals surface area (Å²) in [6.07, 6.45) is 1.15. The summed E-state index contributed by atoms with van der Waals surface area (Å²) in [6.45, 7) is 3.09. The van der Waals surface area contributed by atoms with Crippen molar-refractivity contribution in [3.8, 4) is 0 Å². The van der Waals surface area contributed by atoms with E-state index in [4.69, 9.17) is 0 Å². The van der Waals surface area contributed by atoms with Gasteiger partial charge >= 0.3 is 0 Å². The number of carbonyl (C=O) groups is 1. The highest BCUT2D eigenvalue weighted by molar-refractivity contribution is 7.88. The number of benzene rings is 1. The SMILES string of the molecule is C[C@@H](C(=O)Nc1ccc(F)cc1F)N1CCN(S(C)(=O)=O)CC1. The summed E-state index contributed by atoms with van der Waals surface area (Å²) >= 11 is 0. The molecule has 0 spiro atoms. The van der Waals surface area contributed by atoms with E-state index >= 15 is 0 Å². The van der Waals surface area contributed by atoms with Crippen LogP contribution in [0.1, 0.15) is 6.92 Å². The Balaban J connectivity index is 1.95. The first-order valence-corrected chi connectivity index (χ1v) is 8.98. The van der Waals surface area contributed by atoms with Crippen LogP contribution in [0.4, 0.5) is 14.5 Å². The zero-order valence-corrected chi connectivity index (χ0v) is 13.7. The molecular formula is C14H19F2N3O3S. The lowest BCUT2D eigenvalue weighted by atomic mass is 10.2. The fourth-order valence-electron chi connectivity index (χ4n) is 2.42. The van der Waals surface area contributed by atoms with Crippen molar-refractivity contribution >= 4 is 21.6 Å². The van der Waals surface area contributed by atoms with E-state index in [2.05, 4.69) is 5.32 Å². The molecule has 6 nitrogen and oxygen atoms in total. The Hall–Kier alpha value is -1.58. The van der Waals surface area contributed by atoms with Gasteiger partial charge in [0.25, 0.3) is 0 Å². The molecule has 0 bridgehead atoms. The molecule has 0 unspecified atom stereocenters. The van der Waals surface area contributed by atoms with Gasteiger partial charge in [-0.25, -0.2) is 17.2 Å². The highest BCUT2D eigenvalue weighted by Gasteiger charge is 2.29. The monoisotopic (exact) mass is 347 g/mol. The van der Waals surface area contributed by atoms with E-state index < -0.39 is 33.6 Å². The first-order valence-electron chi connectivity index (χ1n) is 7.13. The van der Waals surface area contributed by atoms with Gasteiger partial charge < -0.3 is 5.32 Å². The number of carbonyl (C=O) groups excluding carboxylic acids is 1. The molecule has 0 aliphatic carbocycles. The number of nitrogens with one attached hydrogen (secondary N) is 1. The molecule has 23 heavy (non-hydrogen) atoms. The number of amides is 1. The molecule has 0 radical (unpaired) electrons. The van der Waals surface area contributed by atoms with E-state index in [-0.39, 0.29) is 5.69 Å². The molecule has 1 fully saturated rings. The molecule has 1 aromatic rings. The van der Waals surface area contributed by atoms with Crippen molar-refractivity contribution in [1.82, 2.24) is 9.21 Å². The summed E-state index contributed by atoms with van der Waals surface area (Å²) in [5, 5.41) is 2.42. The Morgan fingerprint density at radius 3 is 2.35 bits per heavy atom. The summed E-state index contributed by atoms with van der Waals surface area (Å²) in [4.78, 5) is 14.0. The summed E-state index contributed by atoms with van der Waals surface area (Å²) < 4.78 is 50.7. The molecule has 1 aromatic carbocycles. The number of sulfonamides is 1. The molecular weight excluding hydrogens is 328 g/mol. The largest absolute Gasteiger partial charge is 0.322 e. The fourth-order valence-corrected chi connectivity index (χ4v) is 3.24. The van der Waals surface area contributed by atoms with Gasteiger partial charge in [-0.05, 0) is 19.1 Å². The van der Waals surface area contributed by atoms with Crippen LogP contribution in [0, 0.1) is 11.6 Å². The molecule has 0 saturated carbocycles. The maximum Gasteiger partial charge on any atom is 0.241 e. The second-order valence-corrected chi connectivity index (χ2v) is 7.47. The van der Waals surface area contributed by atoms with Crippen LogP contribution in [0.2, 0.25) is 0 Å². The minimum atomic E-state index is -3.23. The number of anilines is 1. The van der Waals surface area contributed by atoms with Gasteiger partial charge in [0.1, 0.15) is 11.6 Å². The summed E-state index contributed by atoms with van der Waals surface area (Å²) in [6, 6.07) is 2.37. The predicted octanol–water partition coefficient (Wildman–Crippen LogP) is 0.869. The van der Waals surface area contributed by atoms with Gasteiger partial charge in [0.05, 0.1) is 18.0 Å². The maximum absolute atomic E-state index is 13.6. The van der Waals surface area contributed by atoms with Gasteiger partial charge in [0.2, 0.25) is 15.9 Å². The molecule has 128 valence electrons. The smallest absolute Gasteiger partial charge is 0.241 e. The Kier molecular flexibility index (Phi) is 5.33. The quantitative estimate of drug-likeness (QED) is 0.877. The third-order valence-corrected chi connectivity index (χ3v) is 5.16. The predicted molar refractivity (Wildman–Crippen MR) is 82.4 cm³/mol. The van der Waals surface area contributed by atoms with Crippen LogP contribution >= 0.6 is 0 Å². The second kappa shape index (κ2) is 6.90. The lowest BCUT2D eigenvalue weighted by Crippen LogP contribution is -2.53. The number of nitrogens with zero attached hydrogens (tertiary/aromatic N) is 2. The van der Waals surface area contributed by atoms with Gasteiger partial charge in [0.15, 0.2) is 0 Å². The number of hydrogen-bond donors (Lipinski definition) is 1. The average Bonchev–Trinajstić information content (AvgIpc) is 2.48. The zero-order valence-electron chi connectivity index (χ0n) is 12.9. The highest BCUT2D eigenvalue weighted by atomic mass is 32.2. The van der Waals surface area contributed by atoms with E-state index in [1.165, 1.54) is 4.31 Å². The lowest BCUT2D eigenvalue weighted by molar-refractivity contribution is -0.121. The number of rotatable bonds is 4. The van der Waals surface area contributed by atoms with Crippen molar-refractivity contribution in [1.29, 1.82) is 0 Å². The van der Waals surface area contributed by atoms with Gasteiger partial charge in [-0.2, -0.15) is 4.31 Å². The van der Waals surface area contributed by atoms with Crippen LogP contribution in [-0.4, -0.2) is 62.0 Å². The average molecular weight is 347 g/mol. The maximum atomic E-state index is 13.6. The summed E-state index contributed by atoms with van der Waals surface area (Å²) in [5.41, 5.74) is -0.0852. The van der Waals surface area contributed by atoms with E-state index in [9.17, 15) is 22.0 Å². The molecule has 1 N–H and O–H groups in total. The van der Waals surface area contributed by atoms with Crippen molar-refractivity contribution in [2.45, 2.75) is 13.0 Å². The minimum Gasteiger partial charge on any atom is -0.322 e. The molecule has 1 amide bonds. The fraction of sp³-hybridized carbons (Fsp3) is 0.500. The third-order valence-electron chi connectivity index (χ3n) is 3.86. The molecule has 1 atom stereocenters. The van der Waals surface area contributed by atoms with Crippen LogP contribution in [0.25, 0.3) is 0 Å². The number of halogens is 2. The van der Waals surface area contributed by atoms with E-state index in [1.54, 1.807) is 6.92 Å². The molecule has 9 heteroatoms. The van der Waals surface area contributed by atoms with Crippen LogP contribution in [0.3, 0.4) is 0 Å². The summed E-state index contributed by atoms with van der Waals surface area (Å²) in [5.74, 6) is -1.98. The van der Waals surface area contributed by atoms with Crippen LogP contribution < -0.4 is 5.32 Å². The summed E-state index contributed by atoms with van der Waals surface area (Å²) in [7, 11) is -3.23. The van der Waals surface area contributed by atoms with Gasteiger partial charge in [-0.1, -0.05) is 0 Å². The first kappa shape index (κ1) is 17.8. The third kappa shape index (κ3) is 4.46. The van der Waals surface area contributed by atoms with Crippen molar-refractivity contribution in [3.05, 3.63) is 29.8 Å². The van der Waals surface area contributed by atoms with Gasteiger partial charge in [0, 0.05) is 32.2 Å². The van der Waals surface area contributed by atoms with Gasteiger partial charge in [-0.15, -0.1) is 0 Å². The van der Waals surface area contributed by atoms with Crippen LogP contribution in [0.15, 0.2) is 18.2 Å². The van der Waals surface area contributed by atoms with Gasteiger partial charge in [-0.3, -0.25) is 9.69 Å². The Bertz CT molecular complexity index is 689. The number of piperazine rings is 1. The van der Waals surface area contributed by atoms with Crippen molar-refractivity contribution in [2.24, 2.45) is 0 Å². The van der Waals surface area contributed by atoms with Crippen molar-refractivity contribution < 1.29 is 22.0 Å². The van der Waals surface area contributed by atoms with Crippen molar-refractivity contribution in [2.75, 3.05) is 37.8 Å². The lowest BCUT2D eigenvalue weighted by Gasteiger charge is -2.36. The molecule has 1 heterocycles. The highest BCUT2D eigenvalue weighted by Crippen LogP contribution is 2.16. The Morgan fingerprint density at radius 2 is 1.83 bits per heavy atom. The molecule has 1 aliphatic rings. The van der Waals surface area contributed by atoms with Crippen LogP contribution in [-0.2, 0) is 14.8 Å². The Morgan fingerprint density at radius 1 is 1.22 bits per heavy atom. The number of hydrogen-bond acceptors (Lipinski definition) is 4. The molecule has 0 aromatic heterocycles. The van der Waals surface area contributed by atoms with E-state index in [0.29, 0.717) is 32.2 Å². The van der Waals surface area contributed by atoms with Crippen LogP contribution in [0.5, 0.6) is 0 Å². The topological polar surface area (TPSA) is 69.7 Å². The Labute approximate surface area is 134 Å². The first-order chi connectivity index (χ1) is 10.7. The second-order valence-electron chi connectivity index (χ2n) is 5.49. The van der Waals surface area contributed by atoms with E-state index in [1.807, 2.05) is 4.90 Å². The normalized spacial score (nSPS) is 18.6.